The predicted molar refractivity (Wildman–Crippen MR) is 67.5 cm³/mol. The van der Waals surface area contributed by atoms with Crippen LogP contribution in [0.4, 0.5) is 0 Å². The van der Waals surface area contributed by atoms with Crippen LogP contribution in [-0.4, -0.2) is 11.2 Å². The molecule has 2 atom stereocenters. The third-order valence-electron chi connectivity index (χ3n) is 2.87. The van der Waals surface area contributed by atoms with Crippen LogP contribution in [0.15, 0.2) is 12.1 Å². The summed E-state index contributed by atoms with van der Waals surface area (Å²) in [4.78, 5) is 2.74. The first-order valence-corrected chi connectivity index (χ1v) is 6.73. The molecule has 0 saturated heterocycles. The normalized spacial score (nSPS) is 15.2. The van der Waals surface area contributed by atoms with Crippen molar-refractivity contribution in [3.05, 3.63) is 21.9 Å². The fourth-order valence-corrected chi connectivity index (χ4v) is 2.70. The fraction of sp³-hybridized carbons (Fsp3) is 0.692. The standard InChI is InChI=1S/C13H22OS/c1-4-10(3)8-11(14)9-13-7-6-12(5-2)15-13/h6-7,10-11,14H,4-5,8-9H2,1-3H3. The van der Waals surface area contributed by atoms with Crippen molar-refractivity contribution < 1.29 is 5.11 Å². The Bertz CT molecular complexity index is 280. The topological polar surface area (TPSA) is 20.2 Å². The molecular formula is C13H22OS. The third kappa shape index (κ3) is 4.35. The quantitative estimate of drug-likeness (QED) is 0.785. The van der Waals surface area contributed by atoms with E-state index in [-0.39, 0.29) is 6.10 Å². The Hall–Kier alpha value is -0.340. The highest BCUT2D eigenvalue weighted by molar-refractivity contribution is 7.11. The number of rotatable bonds is 6. The lowest BCUT2D eigenvalue weighted by Crippen LogP contribution is -2.13. The number of aryl methyl sites for hydroxylation is 1. The molecule has 0 bridgehead atoms. The van der Waals surface area contributed by atoms with Crippen molar-refractivity contribution in [2.45, 2.75) is 52.6 Å². The van der Waals surface area contributed by atoms with Crippen LogP contribution in [0, 0.1) is 5.92 Å². The van der Waals surface area contributed by atoms with E-state index in [1.54, 1.807) is 0 Å². The number of hydrogen-bond donors (Lipinski definition) is 1. The van der Waals surface area contributed by atoms with E-state index in [0.29, 0.717) is 5.92 Å². The molecule has 86 valence electrons. The van der Waals surface area contributed by atoms with Gasteiger partial charge < -0.3 is 5.11 Å². The maximum Gasteiger partial charge on any atom is 0.0591 e. The van der Waals surface area contributed by atoms with Crippen LogP contribution < -0.4 is 0 Å². The zero-order valence-electron chi connectivity index (χ0n) is 9.99. The molecule has 0 saturated carbocycles. The zero-order valence-corrected chi connectivity index (χ0v) is 10.8. The number of hydrogen-bond acceptors (Lipinski definition) is 2. The first kappa shape index (κ1) is 12.7. The van der Waals surface area contributed by atoms with Crippen LogP contribution >= 0.6 is 11.3 Å². The van der Waals surface area contributed by atoms with Gasteiger partial charge in [0.25, 0.3) is 0 Å². The summed E-state index contributed by atoms with van der Waals surface area (Å²) in [6.07, 6.45) is 3.85. The van der Waals surface area contributed by atoms with Crippen LogP contribution in [-0.2, 0) is 12.8 Å². The van der Waals surface area contributed by atoms with Crippen LogP contribution in [0.3, 0.4) is 0 Å². The van der Waals surface area contributed by atoms with Crippen molar-refractivity contribution in [1.82, 2.24) is 0 Å². The summed E-state index contributed by atoms with van der Waals surface area (Å²) in [6.45, 7) is 6.55. The van der Waals surface area contributed by atoms with E-state index >= 15 is 0 Å². The summed E-state index contributed by atoms with van der Waals surface area (Å²) >= 11 is 1.84. The molecule has 0 radical (unpaired) electrons. The van der Waals surface area contributed by atoms with Crippen molar-refractivity contribution in [3.8, 4) is 0 Å². The van der Waals surface area contributed by atoms with Crippen molar-refractivity contribution in [2.75, 3.05) is 0 Å². The molecule has 0 amide bonds. The van der Waals surface area contributed by atoms with Gasteiger partial charge in [-0.05, 0) is 30.9 Å². The molecule has 0 aliphatic carbocycles. The minimum Gasteiger partial charge on any atom is -0.393 e. The molecule has 1 N–H and O–H groups in total. The molecule has 1 aromatic heterocycles. The lowest BCUT2D eigenvalue weighted by Gasteiger charge is -2.13. The lowest BCUT2D eigenvalue weighted by molar-refractivity contribution is 0.145. The second-order valence-corrected chi connectivity index (χ2v) is 5.58. The largest absolute Gasteiger partial charge is 0.393 e. The molecule has 0 aliphatic rings. The van der Waals surface area contributed by atoms with Gasteiger partial charge in [-0.2, -0.15) is 0 Å². The molecule has 0 aromatic carbocycles. The summed E-state index contributed by atoms with van der Waals surface area (Å²) in [5.74, 6) is 0.630. The predicted octanol–water partition coefficient (Wildman–Crippen LogP) is 3.65. The zero-order chi connectivity index (χ0) is 11.3. The number of aliphatic hydroxyl groups excluding tert-OH is 1. The van der Waals surface area contributed by atoms with Gasteiger partial charge in [-0.25, -0.2) is 0 Å². The highest BCUT2D eigenvalue weighted by Crippen LogP contribution is 2.20. The maximum absolute atomic E-state index is 9.89. The molecule has 1 heterocycles. The lowest BCUT2D eigenvalue weighted by atomic mass is 9.99. The van der Waals surface area contributed by atoms with Crippen molar-refractivity contribution in [1.29, 1.82) is 0 Å². The molecule has 0 aliphatic heterocycles. The third-order valence-corrected chi connectivity index (χ3v) is 4.13. The molecule has 1 rings (SSSR count). The minimum absolute atomic E-state index is 0.164. The summed E-state index contributed by atoms with van der Waals surface area (Å²) in [5.41, 5.74) is 0. The molecular weight excluding hydrogens is 204 g/mol. The first-order valence-electron chi connectivity index (χ1n) is 5.91. The van der Waals surface area contributed by atoms with Crippen LogP contribution in [0.2, 0.25) is 0 Å². The van der Waals surface area contributed by atoms with E-state index in [1.165, 1.54) is 9.75 Å². The van der Waals surface area contributed by atoms with E-state index in [9.17, 15) is 5.11 Å². The summed E-state index contributed by atoms with van der Waals surface area (Å²) in [5, 5.41) is 9.89. The van der Waals surface area contributed by atoms with Gasteiger partial charge in [0.05, 0.1) is 6.10 Å². The maximum atomic E-state index is 9.89. The second-order valence-electron chi connectivity index (χ2n) is 4.33. The molecule has 2 unspecified atom stereocenters. The van der Waals surface area contributed by atoms with Crippen LogP contribution in [0.25, 0.3) is 0 Å². The Kier molecular flexibility index (Phi) is 5.34. The van der Waals surface area contributed by atoms with E-state index in [2.05, 4.69) is 32.9 Å². The van der Waals surface area contributed by atoms with E-state index in [1.807, 2.05) is 11.3 Å². The highest BCUT2D eigenvalue weighted by atomic mass is 32.1. The molecule has 0 spiro atoms. The fourth-order valence-electron chi connectivity index (χ4n) is 1.67. The smallest absolute Gasteiger partial charge is 0.0591 e. The Morgan fingerprint density at radius 2 is 1.93 bits per heavy atom. The Morgan fingerprint density at radius 3 is 2.47 bits per heavy atom. The molecule has 0 fully saturated rings. The average Bonchev–Trinajstić information content (AvgIpc) is 2.65. The highest BCUT2D eigenvalue weighted by Gasteiger charge is 2.10. The van der Waals surface area contributed by atoms with Gasteiger partial charge in [0, 0.05) is 16.2 Å². The molecule has 15 heavy (non-hydrogen) atoms. The Balaban J connectivity index is 2.40. The Morgan fingerprint density at radius 1 is 1.27 bits per heavy atom. The molecule has 1 nitrogen and oxygen atoms in total. The van der Waals surface area contributed by atoms with Gasteiger partial charge in [-0.3, -0.25) is 0 Å². The monoisotopic (exact) mass is 226 g/mol. The summed E-state index contributed by atoms with van der Waals surface area (Å²) in [7, 11) is 0. The first-order chi connectivity index (χ1) is 7.15. The van der Waals surface area contributed by atoms with Gasteiger partial charge in [0.15, 0.2) is 0 Å². The van der Waals surface area contributed by atoms with Crippen molar-refractivity contribution >= 4 is 11.3 Å². The second kappa shape index (κ2) is 6.29. The van der Waals surface area contributed by atoms with Crippen LogP contribution in [0.5, 0.6) is 0 Å². The number of aliphatic hydroxyl groups is 1. The molecule has 1 aromatic rings. The average molecular weight is 226 g/mol. The van der Waals surface area contributed by atoms with Crippen molar-refractivity contribution in [2.24, 2.45) is 5.92 Å². The van der Waals surface area contributed by atoms with Gasteiger partial charge in [0.1, 0.15) is 0 Å². The Labute approximate surface area is 97.2 Å². The van der Waals surface area contributed by atoms with E-state index < -0.39 is 0 Å². The van der Waals surface area contributed by atoms with Gasteiger partial charge in [-0.15, -0.1) is 11.3 Å². The van der Waals surface area contributed by atoms with Gasteiger partial charge >= 0.3 is 0 Å². The summed E-state index contributed by atoms with van der Waals surface area (Å²) < 4.78 is 0. The molecule has 2 heteroatoms. The SMILES string of the molecule is CCc1ccc(CC(O)CC(C)CC)s1. The van der Waals surface area contributed by atoms with Gasteiger partial charge in [0.2, 0.25) is 0 Å². The van der Waals surface area contributed by atoms with Crippen molar-refractivity contribution in [3.63, 3.8) is 0 Å². The summed E-state index contributed by atoms with van der Waals surface area (Å²) in [6, 6.07) is 4.33. The van der Waals surface area contributed by atoms with Crippen LogP contribution in [0.1, 0.15) is 43.4 Å². The van der Waals surface area contributed by atoms with E-state index in [0.717, 1.165) is 25.7 Å². The van der Waals surface area contributed by atoms with Gasteiger partial charge in [-0.1, -0.05) is 27.2 Å². The number of thiophene rings is 1. The van der Waals surface area contributed by atoms with E-state index in [4.69, 9.17) is 0 Å². The minimum atomic E-state index is -0.164.